The molecule has 0 aliphatic heterocycles. The minimum absolute atomic E-state index is 0.0943. The molecular formula is C10H13N3. The predicted molar refractivity (Wildman–Crippen MR) is 56.4 cm³/mol. The van der Waals surface area contributed by atoms with Crippen LogP contribution in [0.3, 0.4) is 0 Å². The molecule has 0 unspecified atom stereocenters. The number of hydrogen-bond donors (Lipinski definition) is 3. The topological polar surface area (TPSA) is 75.9 Å². The van der Waals surface area contributed by atoms with Crippen molar-refractivity contribution in [3.05, 3.63) is 35.4 Å². The summed E-state index contributed by atoms with van der Waals surface area (Å²) in [5.74, 6) is 0.0943. The van der Waals surface area contributed by atoms with Crippen molar-refractivity contribution in [3.63, 3.8) is 0 Å². The van der Waals surface area contributed by atoms with Gasteiger partial charge < -0.3 is 11.5 Å². The first-order chi connectivity index (χ1) is 6.09. The minimum Gasteiger partial charge on any atom is -0.399 e. The molecule has 0 aliphatic rings. The predicted octanol–water partition coefficient (Wildman–Crippen LogP) is 1.61. The Kier molecular flexibility index (Phi) is 2.69. The average Bonchev–Trinajstić information content (AvgIpc) is 2.08. The second kappa shape index (κ2) is 3.76. The first kappa shape index (κ1) is 9.32. The summed E-state index contributed by atoms with van der Waals surface area (Å²) in [6.07, 6.45) is 1.85. The van der Waals surface area contributed by atoms with Crippen molar-refractivity contribution >= 4 is 17.6 Å². The maximum absolute atomic E-state index is 7.18. The fraction of sp³-hybridized carbons (Fsp3) is 0.100. The van der Waals surface area contributed by atoms with E-state index in [0.29, 0.717) is 0 Å². The summed E-state index contributed by atoms with van der Waals surface area (Å²) < 4.78 is 0. The largest absolute Gasteiger partial charge is 0.399 e. The van der Waals surface area contributed by atoms with E-state index in [1.807, 2.05) is 30.3 Å². The van der Waals surface area contributed by atoms with Crippen LogP contribution in [0.1, 0.15) is 12.5 Å². The van der Waals surface area contributed by atoms with Crippen molar-refractivity contribution in [1.82, 2.24) is 0 Å². The van der Waals surface area contributed by atoms with Crippen molar-refractivity contribution in [2.24, 2.45) is 5.73 Å². The first-order valence-corrected chi connectivity index (χ1v) is 3.98. The fourth-order valence-corrected chi connectivity index (χ4v) is 0.920. The third-order valence-corrected chi connectivity index (χ3v) is 1.74. The fourth-order valence-electron chi connectivity index (χ4n) is 0.920. The van der Waals surface area contributed by atoms with Crippen LogP contribution in [0.2, 0.25) is 0 Å². The molecule has 0 atom stereocenters. The summed E-state index contributed by atoms with van der Waals surface area (Å²) in [5.41, 5.74) is 13.3. The number of anilines is 1. The van der Waals surface area contributed by atoms with Gasteiger partial charge >= 0.3 is 0 Å². The van der Waals surface area contributed by atoms with Gasteiger partial charge in [-0.3, -0.25) is 5.41 Å². The zero-order valence-electron chi connectivity index (χ0n) is 7.54. The number of nitrogens with two attached hydrogens (primary N) is 2. The van der Waals surface area contributed by atoms with Gasteiger partial charge in [-0.2, -0.15) is 0 Å². The summed E-state index contributed by atoms with van der Waals surface area (Å²) in [6.45, 7) is 1.80. The van der Waals surface area contributed by atoms with Crippen molar-refractivity contribution in [3.8, 4) is 0 Å². The molecule has 0 heterocycles. The Labute approximate surface area is 77.6 Å². The maximum Gasteiger partial charge on any atom is 0.118 e. The number of nitrogen functional groups attached to an aromatic ring is 1. The Bertz CT molecular complexity index is 336. The van der Waals surface area contributed by atoms with Crippen LogP contribution >= 0.6 is 0 Å². The van der Waals surface area contributed by atoms with E-state index in [1.54, 1.807) is 6.92 Å². The van der Waals surface area contributed by atoms with E-state index in [1.165, 1.54) is 0 Å². The van der Waals surface area contributed by atoms with Crippen molar-refractivity contribution in [2.75, 3.05) is 5.73 Å². The van der Waals surface area contributed by atoms with Crippen LogP contribution in [0.25, 0.3) is 6.08 Å². The van der Waals surface area contributed by atoms with E-state index in [-0.39, 0.29) is 5.84 Å². The Hall–Kier alpha value is -1.77. The Morgan fingerprint density at radius 3 is 2.31 bits per heavy atom. The number of hydrogen-bond acceptors (Lipinski definition) is 2. The molecule has 5 N–H and O–H groups in total. The SMILES string of the molecule is C/C(=C\c1ccc(N)cc1)C(=N)N. The summed E-state index contributed by atoms with van der Waals surface area (Å²) in [4.78, 5) is 0. The lowest BCUT2D eigenvalue weighted by Crippen LogP contribution is -2.10. The summed E-state index contributed by atoms with van der Waals surface area (Å²) >= 11 is 0. The smallest absolute Gasteiger partial charge is 0.118 e. The molecule has 1 aromatic carbocycles. The molecule has 0 amide bonds. The monoisotopic (exact) mass is 175 g/mol. The Morgan fingerprint density at radius 2 is 1.85 bits per heavy atom. The van der Waals surface area contributed by atoms with Crippen molar-refractivity contribution in [2.45, 2.75) is 6.92 Å². The van der Waals surface area contributed by atoms with E-state index < -0.39 is 0 Å². The molecule has 1 aromatic rings. The summed E-state index contributed by atoms with van der Waals surface area (Å²) in [6, 6.07) is 7.42. The van der Waals surface area contributed by atoms with Gasteiger partial charge in [0.25, 0.3) is 0 Å². The first-order valence-electron chi connectivity index (χ1n) is 3.98. The lowest BCUT2D eigenvalue weighted by Gasteiger charge is -1.98. The molecule has 0 bridgehead atoms. The van der Waals surface area contributed by atoms with Crippen LogP contribution < -0.4 is 11.5 Å². The second-order valence-electron chi connectivity index (χ2n) is 2.91. The quantitative estimate of drug-likeness (QED) is 0.363. The second-order valence-corrected chi connectivity index (χ2v) is 2.91. The maximum atomic E-state index is 7.18. The lowest BCUT2D eigenvalue weighted by atomic mass is 10.1. The Balaban J connectivity index is 2.92. The van der Waals surface area contributed by atoms with E-state index in [9.17, 15) is 0 Å². The summed E-state index contributed by atoms with van der Waals surface area (Å²) in [5, 5.41) is 7.18. The van der Waals surface area contributed by atoms with Gasteiger partial charge in [-0.05, 0) is 36.3 Å². The van der Waals surface area contributed by atoms with Crippen molar-refractivity contribution < 1.29 is 0 Å². The average molecular weight is 175 g/mol. The zero-order chi connectivity index (χ0) is 9.84. The van der Waals surface area contributed by atoms with Gasteiger partial charge in [-0.1, -0.05) is 12.1 Å². The molecule has 0 aromatic heterocycles. The van der Waals surface area contributed by atoms with E-state index in [4.69, 9.17) is 16.9 Å². The molecule has 0 saturated carbocycles. The molecule has 68 valence electrons. The number of nitrogens with one attached hydrogen (secondary N) is 1. The lowest BCUT2D eigenvalue weighted by molar-refractivity contribution is 1.40. The molecular weight excluding hydrogens is 162 g/mol. The van der Waals surface area contributed by atoms with Gasteiger partial charge in [0.05, 0.1) is 0 Å². The van der Waals surface area contributed by atoms with E-state index in [2.05, 4.69) is 0 Å². The van der Waals surface area contributed by atoms with Crippen LogP contribution in [0.5, 0.6) is 0 Å². The van der Waals surface area contributed by atoms with Crippen LogP contribution in [-0.4, -0.2) is 5.84 Å². The molecule has 0 aliphatic carbocycles. The van der Waals surface area contributed by atoms with E-state index >= 15 is 0 Å². The highest BCUT2D eigenvalue weighted by Gasteiger charge is 1.93. The molecule has 0 spiro atoms. The van der Waals surface area contributed by atoms with Crippen LogP contribution in [-0.2, 0) is 0 Å². The molecule has 3 nitrogen and oxygen atoms in total. The van der Waals surface area contributed by atoms with Gasteiger partial charge in [0.2, 0.25) is 0 Å². The zero-order valence-corrected chi connectivity index (χ0v) is 7.54. The van der Waals surface area contributed by atoms with Crippen molar-refractivity contribution in [1.29, 1.82) is 5.41 Å². The molecule has 0 fully saturated rings. The van der Waals surface area contributed by atoms with E-state index in [0.717, 1.165) is 16.8 Å². The third-order valence-electron chi connectivity index (χ3n) is 1.74. The highest BCUT2D eigenvalue weighted by atomic mass is 14.7. The third kappa shape index (κ3) is 2.63. The van der Waals surface area contributed by atoms with Gasteiger partial charge in [0.15, 0.2) is 0 Å². The highest BCUT2D eigenvalue weighted by Crippen LogP contribution is 2.09. The van der Waals surface area contributed by atoms with Gasteiger partial charge in [0, 0.05) is 5.69 Å². The van der Waals surface area contributed by atoms with Gasteiger partial charge in [-0.15, -0.1) is 0 Å². The standard InChI is InChI=1S/C10H13N3/c1-7(10(12)13)6-8-2-4-9(11)5-3-8/h2-6H,11H2,1H3,(H3,12,13)/b7-6+. The van der Waals surface area contributed by atoms with Crippen LogP contribution in [0, 0.1) is 5.41 Å². The molecule has 0 saturated heterocycles. The van der Waals surface area contributed by atoms with Crippen LogP contribution in [0.4, 0.5) is 5.69 Å². The molecule has 3 heteroatoms. The molecule has 1 rings (SSSR count). The van der Waals surface area contributed by atoms with Crippen LogP contribution in [0.15, 0.2) is 29.8 Å². The Morgan fingerprint density at radius 1 is 1.31 bits per heavy atom. The summed E-state index contributed by atoms with van der Waals surface area (Å²) in [7, 11) is 0. The minimum atomic E-state index is 0.0943. The number of amidine groups is 1. The highest BCUT2D eigenvalue weighted by molar-refractivity contribution is 5.98. The van der Waals surface area contributed by atoms with Gasteiger partial charge in [0.1, 0.15) is 5.84 Å². The normalized spacial score (nSPS) is 11.3. The van der Waals surface area contributed by atoms with Gasteiger partial charge in [-0.25, -0.2) is 0 Å². The molecule has 13 heavy (non-hydrogen) atoms. The molecule has 0 radical (unpaired) electrons. The number of rotatable bonds is 2. The number of benzene rings is 1.